The van der Waals surface area contributed by atoms with Crippen LogP contribution in [0.4, 0.5) is 11.4 Å². The number of hydrogen-bond acceptors (Lipinski definition) is 4. The molecule has 7 nitrogen and oxygen atoms in total. The van der Waals surface area contributed by atoms with Crippen LogP contribution in [0.3, 0.4) is 0 Å². The molecule has 4 rings (SSSR count). The molecule has 0 radical (unpaired) electrons. The first-order valence-electron chi connectivity index (χ1n) is 10.2. The van der Waals surface area contributed by atoms with Crippen molar-refractivity contribution in [2.24, 2.45) is 5.92 Å². The summed E-state index contributed by atoms with van der Waals surface area (Å²) in [6.45, 7) is 2.45. The first kappa shape index (κ1) is 21.8. The molecular formula is C22H24ClN3O4S. The Kier molecular flexibility index (Phi) is 6.05. The second kappa shape index (κ2) is 8.61. The van der Waals surface area contributed by atoms with Gasteiger partial charge in [-0.25, -0.2) is 8.42 Å². The first-order valence-corrected chi connectivity index (χ1v) is 12.1. The van der Waals surface area contributed by atoms with Crippen molar-refractivity contribution in [2.75, 3.05) is 23.7 Å². The van der Waals surface area contributed by atoms with Gasteiger partial charge in [0.1, 0.15) is 0 Å². The lowest BCUT2D eigenvalue weighted by Gasteiger charge is -2.31. The number of halogens is 1. The average molecular weight is 462 g/mol. The van der Waals surface area contributed by atoms with Gasteiger partial charge in [0.05, 0.1) is 4.90 Å². The third-order valence-electron chi connectivity index (χ3n) is 5.87. The second-order valence-electron chi connectivity index (χ2n) is 8.00. The van der Waals surface area contributed by atoms with Gasteiger partial charge >= 0.3 is 0 Å². The molecule has 2 aromatic carbocycles. The van der Waals surface area contributed by atoms with Gasteiger partial charge < -0.3 is 10.6 Å². The van der Waals surface area contributed by atoms with Gasteiger partial charge in [0.25, 0.3) is 0 Å². The zero-order chi connectivity index (χ0) is 22.2. The molecule has 2 aliphatic heterocycles. The predicted molar refractivity (Wildman–Crippen MR) is 120 cm³/mol. The van der Waals surface area contributed by atoms with Crippen molar-refractivity contribution in [3.05, 3.63) is 52.5 Å². The third-order valence-corrected chi connectivity index (χ3v) is 8.18. The van der Waals surface area contributed by atoms with Crippen molar-refractivity contribution in [3.63, 3.8) is 0 Å². The van der Waals surface area contributed by atoms with E-state index in [1.54, 1.807) is 24.3 Å². The number of carbonyl (C=O) groups is 2. The number of hydrogen-bond donors (Lipinski definition) is 2. The average Bonchev–Trinajstić information content (AvgIpc) is 2.76. The smallest absolute Gasteiger partial charge is 0.243 e. The summed E-state index contributed by atoms with van der Waals surface area (Å²) in [5.74, 6) is -0.442. The van der Waals surface area contributed by atoms with Gasteiger partial charge in [-0.2, -0.15) is 4.31 Å². The van der Waals surface area contributed by atoms with E-state index in [0.717, 1.165) is 11.1 Å². The molecule has 31 heavy (non-hydrogen) atoms. The molecule has 0 atom stereocenters. The van der Waals surface area contributed by atoms with E-state index < -0.39 is 10.0 Å². The van der Waals surface area contributed by atoms with Gasteiger partial charge in [0.15, 0.2) is 0 Å². The summed E-state index contributed by atoms with van der Waals surface area (Å²) in [5.41, 5.74) is 3.06. The molecule has 0 spiro atoms. The normalized spacial score (nSPS) is 17.7. The minimum atomic E-state index is -3.66. The zero-order valence-corrected chi connectivity index (χ0v) is 18.7. The maximum Gasteiger partial charge on any atom is 0.243 e. The van der Waals surface area contributed by atoms with Crippen LogP contribution in [0, 0.1) is 12.8 Å². The van der Waals surface area contributed by atoms with Gasteiger partial charge in [-0.1, -0.05) is 17.7 Å². The standard InChI is InChI=1S/C22H24ClN3O4S/c1-14-2-4-17(13-19(14)23)24-22(28)15-8-10-26(11-9-15)31(29,30)18-5-6-20-16(12-18)3-7-21(27)25-20/h2,4-6,12-13,15H,3,7-11H2,1H3,(H,24,28)(H,25,27). The van der Waals surface area contributed by atoms with Crippen LogP contribution in [-0.2, 0) is 26.0 Å². The number of benzene rings is 2. The number of carbonyl (C=O) groups excluding carboxylic acids is 2. The first-order chi connectivity index (χ1) is 14.7. The SMILES string of the molecule is Cc1ccc(NC(=O)C2CCN(S(=O)(=O)c3ccc4c(c3)CCC(=O)N4)CC2)cc1Cl. The Balaban J connectivity index is 1.40. The molecule has 2 heterocycles. The summed E-state index contributed by atoms with van der Waals surface area (Å²) in [7, 11) is -3.66. The summed E-state index contributed by atoms with van der Waals surface area (Å²) in [6.07, 6.45) is 1.77. The molecule has 0 aromatic heterocycles. The monoisotopic (exact) mass is 461 g/mol. The Morgan fingerprint density at radius 1 is 1.13 bits per heavy atom. The molecule has 0 saturated carbocycles. The molecule has 9 heteroatoms. The molecule has 2 amide bonds. The molecule has 2 aromatic rings. The Morgan fingerprint density at radius 3 is 2.58 bits per heavy atom. The van der Waals surface area contributed by atoms with Crippen LogP contribution in [-0.4, -0.2) is 37.6 Å². The minimum Gasteiger partial charge on any atom is -0.326 e. The highest BCUT2D eigenvalue weighted by Crippen LogP contribution is 2.29. The summed E-state index contributed by atoms with van der Waals surface area (Å²) >= 11 is 6.12. The van der Waals surface area contributed by atoms with E-state index in [4.69, 9.17) is 11.6 Å². The fourth-order valence-corrected chi connectivity index (χ4v) is 5.64. The van der Waals surface area contributed by atoms with E-state index >= 15 is 0 Å². The van der Waals surface area contributed by atoms with Gasteiger partial charge in [-0.05, 0) is 67.6 Å². The lowest BCUT2D eigenvalue weighted by molar-refractivity contribution is -0.121. The minimum absolute atomic E-state index is 0.0589. The molecule has 0 bridgehead atoms. The quantitative estimate of drug-likeness (QED) is 0.727. The van der Waals surface area contributed by atoms with Gasteiger partial charge in [-0.15, -0.1) is 0 Å². The van der Waals surface area contributed by atoms with Crippen LogP contribution in [0.15, 0.2) is 41.3 Å². The van der Waals surface area contributed by atoms with Crippen molar-refractivity contribution < 1.29 is 18.0 Å². The number of amides is 2. The number of sulfonamides is 1. The number of fused-ring (bicyclic) bond motifs is 1. The lowest BCUT2D eigenvalue weighted by Crippen LogP contribution is -2.41. The zero-order valence-electron chi connectivity index (χ0n) is 17.2. The van der Waals surface area contributed by atoms with Crippen LogP contribution < -0.4 is 10.6 Å². The summed E-state index contributed by atoms with van der Waals surface area (Å²) < 4.78 is 27.6. The lowest BCUT2D eigenvalue weighted by atomic mass is 9.97. The van der Waals surface area contributed by atoms with Crippen LogP contribution in [0.25, 0.3) is 0 Å². The maximum atomic E-state index is 13.1. The van der Waals surface area contributed by atoms with E-state index in [2.05, 4.69) is 10.6 Å². The highest BCUT2D eigenvalue weighted by Gasteiger charge is 2.32. The van der Waals surface area contributed by atoms with Crippen LogP contribution in [0.5, 0.6) is 0 Å². The summed E-state index contributed by atoms with van der Waals surface area (Å²) in [4.78, 5) is 24.4. The van der Waals surface area contributed by atoms with E-state index in [9.17, 15) is 18.0 Å². The molecular weight excluding hydrogens is 438 g/mol. The van der Waals surface area contributed by atoms with E-state index in [1.165, 1.54) is 10.4 Å². The van der Waals surface area contributed by atoms with E-state index in [-0.39, 0.29) is 35.7 Å². The number of nitrogens with one attached hydrogen (secondary N) is 2. The molecule has 1 fully saturated rings. The molecule has 2 aliphatic rings. The van der Waals surface area contributed by atoms with Gasteiger partial charge in [0.2, 0.25) is 21.8 Å². The Bertz CT molecular complexity index is 1140. The van der Waals surface area contributed by atoms with Crippen LogP contribution in [0.2, 0.25) is 5.02 Å². The van der Waals surface area contributed by atoms with Crippen molar-refractivity contribution in [1.29, 1.82) is 0 Å². The largest absolute Gasteiger partial charge is 0.326 e. The highest BCUT2D eigenvalue weighted by molar-refractivity contribution is 7.89. The highest BCUT2D eigenvalue weighted by atomic mass is 35.5. The Morgan fingerprint density at radius 2 is 1.87 bits per heavy atom. The fourth-order valence-electron chi connectivity index (χ4n) is 3.94. The summed E-state index contributed by atoms with van der Waals surface area (Å²) in [5, 5.41) is 6.23. The van der Waals surface area contributed by atoms with Crippen molar-refractivity contribution >= 4 is 44.8 Å². The predicted octanol–water partition coefficient (Wildman–Crippen LogP) is 3.57. The second-order valence-corrected chi connectivity index (χ2v) is 10.3. The molecule has 0 aliphatic carbocycles. The molecule has 164 valence electrons. The molecule has 0 unspecified atom stereocenters. The van der Waals surface area contributed by atoms with Crippen LogP contribution in [0.1, 0.15) is 30.4 Å². The van der Waals surface area contributed by atoms with Crippen LogP contribution >= 0.6 is 11.6 Å². The van der Waals surface area contributed by atoms with Crippen molar-refractivity contribution in [2.45, 2.75) is 37.5 Å². The van der Waals surface area contributed by atoms with Crippen molar-refractivity contribution in [3.8, 4) is 0 Å². The molecule has 1 saturated heterocycles. The number of rotatable bonds is 4. The Hall–Kier alpha value is -2.42. The molecule has 2 N–H and O–H groups in total. The van der Waals surface area contributed by atoms with Gasteiger partial charge in [-0.3, -0.25) is 9.59 Å². The van der Waals surface area contributed by atoms with E-state index in [1.807, 2.05) is 13.0 Å². The van der Waals surface area contributed by atoms with Crippen molar-refractivity contribution in [1.82, 2.24) is 4.31 Å². The number of aryl methyl sites for hydroxylation is 2. The summed E-state index contributed by atoms with van der Waals surface area (Å²) in [6, 6.07) is 10.2. The maximum absolute atomic E-state index is 13.1. The van der Waals surface area contributed by atoms with Gasteiger partial charge in [0, 0.05) is 41.8 Å². The number of nitrogens with zero attached hydrogens (tertiary/aromatic N) is 1. The number of anilines is 2. The number of piperidine rings is 1. The fraction of sp³-hybridized carbons (Fsp3) is 0.364. The van der Waals surface area contributed by atoms with E-state index in [0.29, 0.717) is 42.1 Å². The topological polar surface area (TPSA) is 95.6 Å². The third kappa shape index (κ3) is 4.61. The Labute approximate surface area is 186 Å².